The lowest BCUT2D eigenvalue weighted by Crippen LogP contribution is -2.54. The van der Waals surface area contributed by atoms with Crippen molar-refractivity contribution in [3.05, 3.63) is 0 Å². The van der Waals surface area contributed by atoms with Crippen LogP contribution >= 0.6 is 0 Å². The second-order valence-electron chi connectivity index (χ2n) is 6.85. The Balaban J connectivity index is 3.74. The van der Waals surface area contributed by atoms with Crippen molar-refractivity contribution in [3.8, 4) is 0 Å². The molecule has 2 N–H and O–H groups in total. The molecule has 5 nitrogen and oxygen atoms in total. The van der Waals surface area contributed by atoms with Crippen LogP contribution in [-0.2, 0) is 9.59 Å². The van der Waals surface area contributed by atoms with Crippen LogP contribution in [0, 0.1) is 0 Å². The van der Waals surface area contributed by atoms with Crippen molar-refractivity contribution in [1.29, 1.82) is 0 Å². The molecule has 1 amide bonds. The largest absolute Gasteiger partial charge is 0.477 e. The minimum Gasteiger partial charge on any atom is -0.477 e. The SMILES string of the molecule is CCCCCCCCCC(=O)NCC(C)[N+](C)(C)CC(=O)O. The first-order valence-electron chi connectivity index (χ1n) is 8.60. The van der Waals surface area contributed by atoms with Crippen molar-refractivity contribution in [2.75, 3.05) is 27.2 Å². The Hall–Kier alpha value is -1.10. The number of carbonyl (C=O) groups is 2. The van der Waals surface area contributed by atoms with Crippen LogP contribution in [0.2, 0.25) is 0 Å². The summed E-state index contributed by atoms with van der Waals surface area (Å²) in [7, 11) is 3.75. The quantitative estimate of drug-likeness (QED) is 0.406. The molecule has 0 aliphatic heterocycles. The molecule has 0 radical (unpaired) electrons. The average molecular weight is 315 g/mol. The van der Waals surface area contributed by atoms with Gasteiger partial charge < -0.3 is 14.9 Å². The Bertz CT molecular complexity index is 330. The molecule has 0 saturated carbocycles. The summed E-state index contributed by atoms with van der Waals surface area (Å²) in [6.07, 6.45) is 9.00. The van der Waals surface area contributed by atoms with Crippen molar-refractivity contribution >= 4 is 11.9 Å². The van der Waals surface area contributed by atoms with Gasteiger partial charge in [0.25, 0.3) is 0 Å². The summed E-state index contributed by atoms with van der Waals surface area (Å²) in [6.45, 7) is 4.77. The van der Waals surface area contributed by atoms with Gasteiger partial charge in [0.1, 0.15) is 6.04 Å². The number of carbonyl (C=O) groups excluding carboxylic acids is 1. The third-order valence-corrected chi connectivity index (χ3v) is 4.34. The first-order chi connectivity index (χ1) is 10.3. The highest BCUT2D eigenvalue weighted by molar-refractivity contribution is 5.75. The predicted octanol–water partition coefficient (Wildman–Crippen LogP) is 2.79. The van der Waals surface area contributed by atoms with E-state index in [1.54, 1.807) is 0 Å². The van der Waals surface area contributed by atoms with Crippen LogP contribution in [0.15, 0.2) is 0 Å². The lowest BCUT2D eigenvalue weighted by molar-refractivity contribution is -0.904. The summed E-state index contributed by atoms with van der Waals surface area (Å²) < 4.78 is 0.368. The maximum atomic E-state index is 11.8. The molecule has 0 spiro atoms. The Morgan fingerprint density at radius 2 is 1.59 bits per heavy atom. The number of aliphatic carboxylic acids is 1. The molecule has 22 heavy (non-hydrogen) atoms. The summed E-state index contributed by atoms with van der Waals surface area (Å²) in [6, 6.07) is 0.0779. The van der Waals surface area contributed by atoms with Crippen LogP contribution in [0.4, 0.5) is 0 Å². The molecular formula is C17H35N2O3+. The molecule has 130 valence electrons. The molecule has 0 aliphatic rings. The molecular weight excluding hydrogens is 280 g/mol. The third-order valence-electron chi connectivity index (χ3n) is 4.34. The monoisotopic (exact) mass is 315 g/mol. The van der Waals surface area contributed by atoms with Gasteiger partial charge in [-0.15, -0.1) is 0 Å². The van der Waals surface area contributed by atoms with E-state index >= 15 is 0 Å². The van der Waals surface area contributed by atoms with Crippen molar-refractivity contribution in [2.24, 2.45) is 0 Å². The zero-order valence-electron chi connectivity index (χ0n) is 14.9. The maximum absolute atomic E-state index is 11.8. The number of likely N-dealkylation sites (N-methyl/N-ethyl adjacent to an activating group) is 1. The van der Waals surface area contributed by atoms with E-state index in [0.717, 1.165) is 12.8 Å². The van der Waals surface area contributed by atoms with E-state index in [0.29, 0.717) is 17.4 Å². The first kappa shape index (κ1) is 20.9. The first-order valence-corrected chi connectivity index (χ1v) is 8.60. The highest BCUT2D eigenvalue weighted by atomic mass is 16.4. The van der Waals surface area contributed by atoms with Crippen LogP contribution in [0.5, 0.6) is 0 Å². The van der Waals surface area contributed by atoms with Crippen molar-refractivity contribution in [2.45, 2.75) is 71.3 Å². The minimum atomic E-state index is -0.814. The summed E-state index contributed by atoms with van der Waals surface area (Å²) >= 11 is 0. The lowest BCUT2D eigenvalue weighted by atomic mass is 10.1. The number of hydrogen-bond donors (Lipinski definition) is 2. The zero-order valence-corrected chi connectivity index (χ0v) is 14.9. The standard InChI is InChI=1S/C17H34N2O3/c1-5-6-7-8-9-10-11-12-16(20)18-13-15(2)19(3,4)14-17(21)22/h15H,5-14H2,1-4H3,(H-,18,20,21,22)/p+1. The third kappa shape index (κ3) is 10.6. The van der Waals surface area contributed by atoms with Gasteiger partial charge in [0.05, 0.1) is 20.6 Å². The van der Waals surface area contributed by atoms with Crippen LogP contribution in [-0.4, -0.2) is 54.7 Å². The molecule has 0 heterocycles. The van der Waals surface area contributed by atoms with Crippen LogP contribution in [0.3, 0.4) is 0 Å². The van der Waals surface area contributed by atoms with Gasteiger partial charge in [-0.25, -0.2) is 4.79 Å². The number of quaternary nitrogens is 1. The number of hydrogen-bond acceptors (Lipinski definition) is 2. The van der Waals surface area contributed by atoms with E-state index < -0.39 is 5.97 Å². The highest BCUT2D eigenvalue weighted by Crippen LogP contribution is 2.09. The topological polar surface area (TPSA) is 66.4 Å². The van der Waals surface area contributed by atoms with Gasteiger partial charge in [0.15, 0.2) is 6.54 Å². The lowest BCUT2D eigenvalue weighted by Gasteiger charge is -2.34. The van der Waals surface area contributed by atoms with E-state index in [1.165, 1.54) is 32.1 Å². The number of rotatable bonds is 13. The summed E-state index contributed by atoms with van der Waals surface area (Å²) in [5.41, 5.74) is 0. The van der Waals surface area contributed by atoms with Crippen molar-refractivity contribution < 1.29 is 19.2 Å². The fraction of sp³-hybridized carbons (Fsp3) is 0.882. The fourth-order valence-electron chi connectivity index (χ4n) is 2.34. The Labute approximate surface area is 135 Å². The molecule has 5 heteroatoms. The predicted molar refractivity (Wildman–Crippen MR) is 89.7 cm³/mol. The highest BCUT2D eigenvalue weighted by Gasteiger charge is 2.27. The van der Waals surface area contributed by atoms with Gasteiger partial charge in [-0.3, -0.25) is 4.79 Å². The summed E-state index contributed by atoms with van der Waals surface area (Å²) in [4.78, 5) is 22.6. The van der Waals surface area contributed by atoms with Crippen molar-refractivity contribution in [3.63, 3.8) is 0 Å². The van der Waals surface area contributed by atoms with Crippen LogP contribution in [0.25, 0.3) is 0 Å². The van der Waals surface area contributed by atoms with Gasteiger partial charge in [-0.05, 0) is 13.3 Å². The number of carboxylic acids is 1. The molecule has 0 rings (SSSR count). The van der Waals surface area contributed by atoms with E-state index in [1.807, 2.05) is 21.0 Å². The number of carboxylic acid groups (broad SMARTS) is 1. The normalized spacial score (nSPS) is 12.9. The van der Waals surface area contributed by atoms with Gasteiger partial charge in [0.2, 0.25) is 5.91 Å². The van der Waals surface area contributed by atoms with Crippen molar-refractivity contribution in [1.82, 2.24) is 5.32 Å². The number of amides is 1. The number of unbranched alkanes of at least 4 members (excludes halogenated alkanes) is 6. The Morgan fingerprint density at radius 1 is 1.05 bits per heavy atom. The molecule has 0 saturated heterocycles. The molecule has 0 aliphatic carbocycles. The molecule has 0 aromatic carbocycles. The smallest absolute Gasteiger partial charge is 0.359 e. The van der Waals surface area contributed by atoms with E-state index in [-0.39, 0.29) is 18.5 Å². The summed E-state index contributed by atoms with van der Waals surface area (Å²) in [5, 5.41) is 11.8. The fourth-order valence-corrected chi connectivity index (χ4v) is 2.34. The van der Waals surface area contributed by atoms with Gasteiger partial charge in [-0.2, -0.15) is 0 Å². The minimum absolute atomic E-state index is 0.0643. The zero-order chi connectivity index (χ0) is 17.0. The van der Waals surface area contributed by atoms with Gasteiger partial charge in [-0.1, -0.05) is 45.4 Å². The Morgan fingerprint density at radius 3 is 2.14 bits per heavy atom. The van der Waals surface area contributed by atoms with Crippen LogP contribution in [0.1, 0.15) is 65.2 Å². The second-order valence-corrected chi connectivity index (χ2v) is 6.85. The molecule has 1 atom stereocenters. The molecule has 1 unspecified atom stereocenters. The number of nitrogens with zero attached hydrogens (tertiary/aromatic N) is 1. The maximum Gasteiger partial charge on any atom is 0.359 e. The van der Waals surface area contributed by atoms with Gasteiger partial charge in [0, 0.05) is 6.42 Å². The van der Waals surface area contributed by atoms with Crippen LogP contribution < -0.4 is 5.32 Å². The second kappa shape index (κ2) is 11.5. The van der Waals surface area contributed by atoms with E-state index in [4.69, 9.17) is 5.11 Å². The van der Waals surface area contributed by atoms with E-state index in [2.05, 4.69) is 12.2 Å². The number of nitrogens with one attached hydrogen (secondary N) is 1. The molecule has 0 aromatic rings. The van der Waals surface area contributed by atoms with E-state index in [9.17, 15) is 9.59 Å². The Kier molecular flexibility index (Phi) is 10.9. The molecule has 0 bridgehead atoms. The molecule has 0 aromatic heterocycles. The summed E-state index contributed by atoms with van der Waals surface area (Å²) in [5.74, 6) is -0.734. The average Bonchev–Trinajstić information content (AvgIpc) is 2.42. The van der Waals surface area contributed by atoms with Gasteiger partial charge >= 0.3 is 5.97 Å². The molecule has 0 fully saturated rings.